The topological polar surface area (TPSA) is 130 Å². The standard InChI is InChI=1S/C13H20N4O6S2/c1-15-7-9-16(10-8-15)24(20,21)11-6-14-25(22,23)13-4-2-12(3-5-13)17(18)19/h2-5,14H,6-11H2,1H3. The number of nitrogens with one attached hydrogen (secondary N) is 1. The van der Waals surface area contributed by atoms with Gasteiger partial charge in [-0.25, -0.2) is 21.6 Å². The molecule has 1 aliphatic heterocycles. The second kappa shape index (κ2) is 7.74. The van der Waals surface area contributed by atoms with Crippen molar-refractivity contribution in [2.24, 2.45) is 0 Å². The maximum atomic E-state index is 12.2. The largest absolute Gasteiger partial charge is 0.304 e. The third-order valence-corrected chi connectivity index (χ3v) is 7.21. The lowest BCUT2D eigenvalue weighted by Gasteiger charge is -2.31. The monoisotopic (exact) mass is 392 g/mol. The van der Waals surface area contributed by atoms with Crippen LogP contribution in [0, 0.1) is 10.1 Å². The predicted molar refractivity (Wildman–Crippen MR) is 91.1 cm³/mol. The Labute approximate surface area is 146 Å². The zero-order valence-electron chi connectivity index (χ0n) is 13.7. The molecule has 0 spiro atoms. The maximum absolute atomic E-state index is 12.2. The van der Waals surface area contributed by atoms with Crippen LogP contribution in [-0.4, -0.2) is 76.5 Å². The number of nitro benzene ring substituents is 1. The lowest BCUT2D eigenvalue weighted by molar-refractivity contribution is -0.384. The van der Waals surface area contributed by atoms with Crippen LogP contribution in [0.5, 0.6) is 0 Å². The molecule has 0 aliphatic carbocycles. The number of hydrogen-bond acceptors (Lipinski definition) is 7. The number of non-ortho nitro benzene ring substituents is 1. The van der Waals surface area contributed by atoms with Crippen molar-refractivity contribution in [3.8, 4) is 0 Å². The van der Waals surface area contributed by atoms with Gasteiger partial charge < -0.3 is 4.90 Å². The highest BCUT2D eigenvalue weighted by Crippen LogP contribution is 2.15. The highest BCUT2D eigenvalue weighted by Gasteiger charge is 2.26. The smallest absolute Gasteiger partial charge is 0.269 e. The van der Waals surface area contributed by atoms with Gasteiger partial charge in [0.1, 0.15) is 0 Å². The van der Waals surface area contributed by atoms with E-state index >= 15 is 0 Å². The highest BCUT2D eigenvalue weighted by atomic mass is 32.2. The van der Waals surface area contributed by atoms with Gasteiger partial charge in [-0.3, -0.25) is 10.1 Å². The summed E-state index contributed by atoms with van der Waals surface area (Å²) in [6, 6.07) is 4.37. The molecule has 0 atom stereocenters. The average molecular weight is 392 g/mol. The van der Waals surface area contributed by atoms with Crippen molar-refractivity contribution in [3.63, 3.8) is 0 Å². The number of nitrogens with zero attached hydrogens (tertiary/aromatic N) is 3. The maximum Gasteiger partial charge on any atom is 0.269 e. The number of sulfonamides is 2. The van der Waals surface area contributed by atoms with Crippen LogP contribution in [0.25, 0.3) is 0 Å². The summed E-state index contributed by atoms with van der Waals surface area (Å²) in [6.07, 6.45) is 0. The zero-order chi connectivity index (χ0) is 18.7. The van der Waals surface area contributed by atoms with Gasteiger partial charge in [-0.15, -0.1) is 0 Å². The number of likely N-dealkylation sites (N-methyl/N-ethyl adjacent to an activating group) is 1. The Morgan fingerprint density at radius 1 is 1.08 bits per heavy atom. The molecule has 140 valence electrons. The number of rotatable bonds is 7. The molecule has 0 unspecified atom stereocenters. The van der Waals surface area contributed by atoms with Crippen LogP contribution in [0.2, 0.25) is 0 Å². The number of nitro groups is 1. The van der Waals surface area contributed by atoms with E-state index in [1.54, 1.807) is 0 Å². The van der Waals surface area contributed by atoms with Crippen LogP contribution in [0.3, 0.4) is 0 Å². The van der Waals surface area contributed by atoms with Gasteiger partial charge in [0.15, 0.2) is 0 Å². The van der Waals surface area contributed by atoms with Gasteiger partial charge in [-0.1, -0.05) is 0 Å². The molecule has 10 nitrogen and oxygen atoms in total. The predicted octanol–water partition coefficient (Wildman–Crippen LogP) is -0.550. The Hall–Kier alpha value is -1.60. The van der Waals surface area contributed by atoms with E-state index < -0.39 is 25.0 Å². The van der Waals surface area contributed by atoms with Gasteiger partial charge in [0, 0.05) is 44.9 Å². The Kier molecular flexibility index (Phi) is 6.11. The van der Waals surface area contributed by atoms with Crippen molar-refractivity contribution in [2.45, 2.75) is 4.90 Å². The number of piperazine rings is 1. The molecule has 25 heavy (non-hydrogen) atoms. The third kappa shape index (κ3) is 5.19. The van der Waals surface area contributed by atoms with Crippen molar-refractivity contribution in [3.05, 3.63) is 34.4 Å². The Bertz CT molecular complexity index is 815. The molecule has 1 heterocycles. The summed E-state index contributed by atoms with van der Waals surface area (Å²) >= 11 is 0. The fraction of sp³-hybridized carbons (Fsp3) is 0.538. The van der Waals surface area contributed by atoms with E-state index in [0.717, 1.165) is 24.3 Å². The Morgan fingerprint density at radius 2 is 1.64 bits per heavy atom. The SMILES string of the molecule is CN1CCN(S(=O)(=O)CCNS(=O)(=O)c2ccc([N+](=O)[O-])cc2)CC1. The second-order valence-electron chi connectivity index (χ2n) is 5.67. The normalized spacial score (nSPS) is 17.5. The van der Waals surface area contributed by atoms with Crippen LogP contribution in [0.15, 0.2) is 29.2 Å². The lowest BCUT2D eigenvalue weighted by Crippen LogP contribution is -2.48. The van der Waals surface area contributed by atoms with Crippen molar-refractivity contribution in [2.75, 3.05) is 45.5 Å². The van der Waals surface area contributed by atoms with Gasteiger partial charge >= 0.3 is 0 Å². The summed E-state index contributed by atoms with van der Waals surface area (Å²) in [5.74, 6) is -0.344. The molecule has 12 heteroatoms. The highest BCUT2D eigenvalue weighted by molar-refractivity contribution is 7.90. The first-order valence-corrected chi connectivity index (χ1v) is 10.6. The van der Waals surface area contributed by atoms with Crippen LogP contribution in [0.4, 0.5) is 5.69 Å². The number of hydrogen-bond donors (Lipinski definition) is 1. The van der Waals surface area contributed by atoms with E-state index in [9.17, 15) is 26.9 Å². The second-order valence-corrected chi connectivity index (χ2v) is 9.52. The summed E-state index contributed by atoms with van der Waals surface area (Å²) in [4.78, 5) is 11.8. The van der Waals surface area contributed by atoms with Crippen molar-refractivity contribution < 1.29 is 21.8 Å². The van der Waals surface area contributed by atoms with E-state index in [1.807, 2.05) is 11.9 Å². The van der Waals surface area contributed by atoms with Crippen LogP contribution in [0.1, 0.15) is 0 Å². The minimum atomic E-state index is -3.93. The third-order valence-electron chi connectivity index (χ3n) is 3.87. The fourth-order valence-corrected chi connectivity index (χ4v) is 4.83. The molecule has 1 fully saturated rings. The summed E-state index contributed by atoms with van der Waals surface area (Å²) in [5.41, 5.74) is -0.225. The zero-order valence-corrected chi connectivity index (χ0v) is 15.3. The summed E-state index contributed by atoms with van der Waals surface area (Å²) in [5, 5.41) is 10.6. The minimum Gasteiger partial charge on any atom is -0.304 e. The van der Waals surface area contributed by atoms with E-state index in [0.29, 0.717) is 26.2 Å². The van der Waals surface area contributed by atoms with Gasteiger partial charge in [-0.2, -0.15) is 4.31 Å². The molecule has 0 aromatic heterocycles. The minimum absolute atomic E-state index is 0.157. The molecular formula is C13H20N4O6S2. The first-order chi connectivity index (χ1) is 11.6. The Balaban J connectivity index is 1.94. The van der Waals surface area contributed by atoms with E-state index in [4.69, 9.17) is 0 Å². The molecule has 1 aliphatic rings. The van der Waals surface area contributed by atoms with Gasteiger partial charge in [0.05, 0.1) is 15.6 Å². The first kappa shape index (κ1) is 19.7. The van der Waals surface area contributed by atoms with E-state index in [2.05, 4.69) is 4.72 Å². The summed E-state index contributed by atoms with van der Waals surface area (Å²) in [7, 11) is -5.56. The van der Waals surface area contributed by atoms with Crippen molar-refractivity contribution >= 4 is 25.7 Å². The van der Waals surface area contributed by atoms with Crippen molar-refractivity contribution in [1.82, 2.24) is 13.9 Å². The molecule has 1 aromatic carbocycles. The van der Waals surface area contributed by atoms with Crippen LogP contribution < -0.4 is 4.72 Å². The Morgan fingerprint density at radius 3 is 2.16 bits per heavy atom. The molecule has 1 N–H and O–H groups in total. The van der Waals surface area contributed by atoms with Gasteiger partial charge in [0.2, 0.25) is 20.0 Å². The quantitative estimate of drug-likeness (QED) is 0.487. The molecule has 0 bridgehead atoms. The van der Waals surface area contributed by atoms with Gasteiger partial charge in [0.25, 0.3) is 5.69 Å². The van der Waals surface area contributed by atoms with E-state index in [-0.39, 0.29) is 22.9 Å². The summed E-state index contributed by atoms with van der Waals surface area (Å²) in [6.45, 7) is 1.76. The molecule has 0 saturated carbocycles. The summed E-state index contributed by atoms with van der Waals surface area (Å²) < 4.78 is 52.3. The molecular weight excluding hydrogens is 372 g/mol. The number of benzene rings is 1. The molecule has 1 aromatic rings. The molecule has 0 radical (unpaired) electrons. The lowest BCUT2D eigenvalue weighted by atomic mass is 10.3. The van der Waals surface area contributed by atoms with E-state index in [1.165, 1.54) is 4.31 Å². The molecule has 1 saturated heterocycles. The fourth-order valence-electron chi connectivity index (χ4n) is 2.33. The molecule has 0 amide bonds. The van der Waals surface area contributed by atoms with Gasteiger partial charge in [-0.05, 0) is 19.2 Å². The van der Waals surface area contributed by atoms with Crippen LogP contribution >= 0.6 is 0 Å². The van der Waals surface area contributed by atoms with Crippen molar-refractivity contribution in [1.29, 1.82) is 0 Å². The first-order valence-electron chi connectivity index (χ1n) is 7.52. The molecule has 2 rings (SSSR count). The van der Waals surface area contributed by atoms with Crippen LogP contribution in [-0.2, 0) is 20.0 Å². The average Bonchev–Trinajstić information content (AvgIpc) is 2.55.